The zero-order chi connectivity index (χ0) is 14.8. The third-order valence-electron chi connectivity index (χ3n) is 4.21. The van der Waals surface area contributed by atoms with Crippen molar-refractivity contribution in [3.8, 4) is 0 Å². The van der Waals surface area contributed by atoms with Crippen LogP contribution in [0.3, 0.4) is 0 Å². The summed E-state index contributed by atoms with van der Waals surface area (Å²) in [4.78, 5) is 28.6. The molecule has 0 radical (unpaired) electrons. The number of thiophene rings is 1. The molecule has 0 saturated heterocycles. The van der Waals surface area contributed by atoms with Crippen molar-refractivity contribution in [3.63, 3.8) is 0 Å². The SMILES string of the molecule is C[C@H]1CCCC[C@H]1NC(=O)Cn1cnc2ccsc2c1=O. The van der Waals surface area contributed by atoms with Crippen molar-refractivity contribution in [2.24, 2.45) is 5.92 Å². The summed E-state index contributed by atoms with van der Waals surface area (Å²) in [5, 5.41) is 4.90. The Labute approximate surface area is 127 Å². The molecule has 2 aromatic rings. The van der Waals surface area contributed by atoms with Crippen LogP contribution in [0.15, 0.2) is 22.6 Å². The summed E-state index contributed by atoms with van der Waals surface area (Å²) >= 11 is 1.36. The van der Waals surface area contributed by atoms with Crippen LogP contribution < -0.4 is 10.9 Å². The zero-order valence-corrected chi connectivity index (χ0v) is 12.9. The van der Waals surface area contributed by atoms with Crippen LogP contribution in [-0.4, -0.2) is 21.5 Å². The van der Waals surface area contributed by atoms with E-state index < -0.39 is 0 Å². The highest BCUT2D eigenvalue weighted by Crippen LogP contribution is 2.23. The fourth-order valence-electron chi connectivity index (χ4n) is 2.93. The number of nitrogens with zero attached hydrogens (tertiary/aromatic N) is 2. The molecule has 0 unspecified atom stereocenters. The quantitative estimate of drug-likeness (QED) is 0.945. The summed E-state index contributed by atoms with van der Waals surface area (Å²) < 4.78 is 2.00. The Bertz CT molecular complexity index is 706. The van der Waals surface area contributed by atoms with Gasteiger partial charge in [-0.1, -0.05) is 19.8 Å². The molecule has 0 aromatic carbocycles. The van der Waals surface area contributed by atoms with Gasteiger partial charge in [-0.05, 0) is 30.2 Å². The van der Waals surface area contributed by atoms with Crippen LogP contribution in [-0.2, 0) is 11.3 Å². The third-order valence-corrected chi connectivity index (χ3v) is 5.10. The average molecular weight is 305 g/mol. The molecule has 112 valence electrons. The first-order valence-corrected chi connectivity index (χ1v) is 8.25. The number of rotatable bonds is 3. The lowest BCUT2D eigenvalue weighted by molar-refractivity contribution is -0.123. The van der Waals surface area contributed by atoms with Crippen molar-refractivity contribution in [1.29, 1.82) is 0 Å². The summed E-state index contributed by atoms with van der Waals surface area (Å²) in [6, 6.07) is 2.05. The van der Waals surface area contributed by atoms with Crippen LogP contribution in [0, 0.1) is 5.92 Å². The summed E-state index contributed by atoms with van der Waals surface area (Å²) in [7, 11) is 0. The van der Waals surface area contributed by atoms with Gasteiger partial charge < -0.3 is 5.32 Å². The minimum Gasteiger partial charge on any atom is -0.352 e. The number of hydrogen-bond donors (Lipinski definition) is 1. The number of amides is 1. The predicted molar refractivity (Wildman–Crippen MR) is 83.4 cm³/mol. The lowest BCUT2D eigenvalue weighted by atomic mass is 9.86. The van der Waals surface area contributed by atoms with Crippen LogP contribution in [0.1, 0.15) is 32.6 Å². The first-order chi connectivity index (χ1) is 10.1. The summed E-state index contributed by atoms with van der Waals surface area (Å²) in [5.74, 6) is 0.408. The molecule has 1 saturated carbocycles. The molecule has 2 heterocycles. The largest absolute Gasteiger partial charge is 0.352 e. The number of nitrogens with one attached hydrogen (secondary N) is 1. The molecule has 1 aliphatic carbocycles. The number of hydrogen-bond acceptors (Lipinski definition) is 4. The fraction of sp³-hybridized carbons (Fsp3) is 0.533. The Hall–Kier alpha value is -1.69. The van der Waals surface area contributed by atoms with Gasteiger partial charge in [-0.15, -0.1) is 11.3 Å². The van der Waals surface area contributed by atoms with Crippen molar-refractivity contribution in [2.75, 3.05) is 0 Å². The maximum Gasteiger partial charge on any atom is 0.271 e. The first-order valence-electron chi connectivity index (χ1n) is 7.37. The fourth-order valence-corrected chi connectivity index (χ4v) is 3.72. The van der Waals surface area contributed by atoms with Gasteiger partial charge in [0.2, 0.25) is 5.91 Å². The van der Waals surface area contributed by atoms with Crippen LogP contribution >= 0.6 is 11.3 Å². The Kier molecular flexibility index (Phi) is 4.05. The van der Waals surface area contributed by atoms with Gasteiger partial charge in [0.15, 0.2) is 0 Å². The molecule has 21 heavy (non-hydrogen) atoms. The third kappa shape index (κ3) is 3.00. The van der Waals surface area contributed by atoms with E-state index in [-0.39, 0.29) is 24.1 Å². The Morgan fingerprint density at radius 3 is 3.10 bits per heavy atom. The Balaban J connectivity index is 1.71. The predicted octanol–water partition coefficient (Wildman–Crippen LogP) is 2.15. The van der Waals surface area contributed by atoms with Gasteiger partial charge in [0.05, 0.1) is 11.8 Å². The van der Waals surface area contributed by atoms with Crippen LogP contribution in [0.2, 0.25) is 0 Å². The van der Waals surface area contributed by atoms with E-state index in [1.165, 1.54) is 28.7 Å². The van der Waals surface area contributed by atoms with E-state index in [0.717, 1.165) is 19.3 Å². The maximum absolute atomic E-state index is 12.2. The second-order valence-corrected chi connectivity index (χ2v) is 6.66. The van der Waals surface area contributed by atoms with E-state index in [1.54, 1.807) is 0 Å². The summed E-state index contributed by atoms with van der Waals surface area (Å²) in [5.41, 5.74) is 0.560. The number of carbonyl (C=O) groups excluding carboxylic acids is 1. The number of carbonyl (C=O) groups is 1. The molecule has 2 aromatic heterocycles. The van der Waals surface area contributed by atoms with Crippen molar-refractivity contribution in [2.45, 2.75) is 45.2 Å². The number of fused-ring (bicyclic) bond motifs is 1. The van der Waals surface area contributed by atoms with E-state index in [4.69, 9.17) is 0 Å². The smallest absolute Gasteiger partial charge is 0.271 e. The van der Waals surface area contributed by atoms with Gasteiger partial charge >= 0.3 is 0 Å². The highest BCUT2D eigenvalue weighted by molar-refractivity contribution is 7.17. The molecule has 5 nitrogen and oxygen atoms in total. The van der Waals surface area contributed by atoms with E-state index >= 15 is 0 Å². The Morgan fingerprint density at radius 2 is 2.29 bits per heavy atom. The van der Waals surface area contributed by atoms with Crippen LogP contribution in [0.5, 0.6) is 0 Å². The van der Waals surface area contributed by atoms with E-state index in [2.05, 4.69) is 17.2 Å². The molecule has 6 heteroatoms. The minimum atomic E-state index is -0.137. The Morgan fingerprint density at radius 1 is 1.48 bits per heavy atom. The average Bonchev–Trinajstić information content (AvgIpc) is 2.94. The summed E-state index contributed by atoms with van der Waals surface area (Å²) in [6.07, 6.45) is 6.06. The van der Waals surface area contributed by atoms with Gasteiger partial charge in [-0.3, -0.25) is 14.2 Å². The van der Waals surface area contributed by atoms with Crippen molar-refractivity contribution < 1.29 is 4.79 Å². The molecule has 0 spiro atoms. The van der Waals surface area contributed by atoms with Gasteiger partial charge in [0.1, 0.15) is 11.2 Å². The highest BCUT2D eigenvalue weighted by atomic mass is 32.1. The van der Waals surface area contributed by atoms with E-state index in [1.807, 2.05) is 11.4 Å². The molecular formula is C15H19N3O2S. The molecule has 1 fully saturated rings. The van der Waals surface area contributed by atoms with E-state index in [9.17, 15) is 9.59 Å². The molecule has 1 N–H and O–H groups in total. The monoisotopic (exact) mass is 305 g/mol. The van der Waals surface area contributed by atoms with Crippen molar-refractivity contribution >= 4 is 27.5 Å². The van der Waals surface area contributed by atoms with Gasteiger partial charge in [-0.25, -0.2) is 4.98 Å². The number of aromatic nitrogens is 2. The van der Waals surface area contributed by atoms with Crippen LogP contribution in [0.4, 0.5) is 0 Å². The summed E-state index contributed by atoms with van der Waals surface area (Å²) in [6.45, 7) is 2.22. The van der Waals surface area contributed by atoms with Crippen molar-refractivity contribution in [1.82, 2.24) is 14.9 Å². The molecule has 2 atom stereocenters. The molecule has 3 rings (SSSR count). The van der Waals surface area contributed by atoms with Crippen LogP contribution in [0.25, 0.3) is 10.2 Å². The molecule has 0 aliphatic heterocycles. The second kappa shape index (κ2) is 5.97. The van der Waals surface area contributed by atoms with Crippen molar-refractivity contribution in [3.05, 3.63) is 28.1 Å². The van der Waals surface area contributed by atoms with Gasteiger partial charge in [0, 0.05) is 6.04 Å². The van der Waals surface area contributed by atoms with E-state index in [0.29, 0.717) is 16.1 Å². The van der Waals surface area contributed by atoms with Gasteiger partial charge in [0.25, 0.3) is 5.56 Å². The minimum absolute atomic E-state index is 0.0445. The topological polar surface area (TPSA) is 64.0 Å². The van der Waals surface area contributed by atoms with Gasteiger partial charge in [-0.2, -0.15) is 0 Å². The zero-order valence-electron chi connectivity index (χ0n) is 12.0. The first kappa shape index (κ1) is 14.3. The molecular weight excluding hydrogens is 286 g/mol. The molecule has 1 amide bonds. The standard InChI is InChI=1S/C15H19N3O2S/c1-10-4-2-3-5-11(10)17-13(19)8-18-9-16-12-6-7-21-14(12)15(18)20/h6-7,9-11H,2-5,8H2,1H3,(H,17,19)/t10-,11+/m0/s1. The highest BCUT2D eigenvalue weighted by Gasteiger charge is 2.23. The normalized spacial score (nSPS) is 22.3. The molecule has 1 aliphatic rings. The molecule has 0 bridgehead atoms. The lowest BCUT2D eigenvalue weighted by Gasteiger charge is -2.29. The second-order valence-electron chi connectivity index (χ2n) is 5.75. The maximum atomic E-state index is 12.2. The lowest BCUT2D eigenvalue weighted by Crippen LogP contribution is -2.43.